The van der Waals surface area contributed by atoms with Gasteiger partial charge < -0.3 is 19.9 Å². The van der Waals surface area contributed by atoms with Crippen molar-refractivity contribution in [1.29, 1.82) is 0 Å². The van der Waals surface area contributed by atoms with Crippen LogP contribution in [0.1, 0.15) is 12.0 Å². The van der Waals surface area contributed by atoms with E-state index < -0.39 is 8.56 Å². The van der Waals surface area contributed by atoms with E-state index in [0.717, 1.165) is 30.4 Å². The number of benzene rings is 1. The lowest BCUT2D eigenvalue weighted by Gasteiger charge is -2.22. The Balaban J connectivity index is 2.40. The standard InChI is InChI=1S/C13H24N2O2Si/c1-11-6-7-12(14)13(10-11)15-8-5-9-18(4,16-2)17-3/h6-7,10,15H,5,8-9,14H2,1-4H3. The zero-order valence-electron chi connectivity index (χ0n) is 11.7. The van der Waals surface area contributed by atoms with Crippen molar-refractivity contribution in [3.05, 3.63) is 23.8 Å². The van der Waals surface area contributed by atoms with Gasteiger partial charge in [-0.1, -0.05) is 6.07 Å². The third-order valence-electron chi connectivity index (χ3n) is 3.20. The fourth-order valence-corrected chi connectivity index (χ4v) is 3.14. The third kappa shape index (κ3) is 4.32. The highest BCUT2D eigenvalue weighted by molar-refractivity contribution is 6.65. The van der Waals surface area contributed by atoms with Gasteiger partial charge >= 0.3 is 8.56 Å². The fraction of sp³-hybridized carbons (Fsp3) is 0.538. The molecule has 0 aromatic heterocycles. The first-order valence-corrected chi connectivity index (χ1v) is 8.73. The van der Waals surface area contributed by atoms with Gasteiger partial charge in [0, 0.05) is 20.8 Å². The minimum Gasteiger partial charge on any atom is -0.398 e. The highest BCUT2D eigenvalue weighted by atomic mass is 28.4. The van der Waals surface area contributed by atoms with Gasteiger partial charge in [-0.2, -0.15) is 0 Å². The Bertz CT molecular complexity index is 381. The Hall–Kier alpha value is -1.04. The van der Waals surface area contributed by atoms with E-state index in [2.05, 4.69) is 24.9 Å². The van der Waals surface area contributed by atoms with E-state index in [9.17, 15) is 0 Å². The highest BCUT2D eigenvalue weighted by Crippen LogP contribution is 2.20. The molecule has 3 N–H and O–H groups in total. The summed E-state index contributed by atoms with van der Waals surface area (Å²) < 4.78 is 10.9. The van der Waals surface area contributed by atoms with Crippen LogP contribution in [0.4, 0.5) is 11.4 Å². The summed E-state index contributed by atoms with van der Waals surface area (Å²) in [5.41, 5.74) is 8.91. The quantitative estimate of drug-likeness (QED) is 0.453. The van der Waals surface area contributed by atoms with E-state index in [1.807, 2.05) is 12.1 Å². The van der Waals surface area contributed by atoms with Crippen LogP contribution in [-0.4, -0.2) is 29.3 Å². The molecule has 0 aliphatic rings. The maximum absolute atomic E-state index is 5.91. The van der Waals surface area contributed by atoms with E-state index in [1.54, 1.807) is 14.2 Å². The molecule has 0 aliphatic heterocycles. The molecule has 0 saturated heterocycles. The average Bonchev–Trinajstić information content (AvgIpc) is 2.38. The zero-order valence-corrected chi connectivity index (χ0v) is 12.7. The minimum atomic E-state index is -1.93. The minimum absolute atomic E-state index is 0.791. The molecule has 1 aromatic rings. The Morgan fingerprint density at radius 3 is 2.56 bits per heavy atom. The number of anilines is 2. The second kappa shape index (κ2) is 6.77. The molecule has 4 nitrogen and oxygen atoms in total. The molecule has 0 atom stereocenters. The Morgan fingerprint density at radius 1 is 1.28 bits per heavy atom. The predicted molar refractivity (Wildman–Crippen MR) is 79.1 cm³/mol. The molecule has 5 heteroatoms. The summed E-state index contributed by atoms with van der Waals surface area (Å²) >= 11 is 0. The van der Waals surface area contributed by atoms with Gasteiger partial charge in [0.2, 0.25) is 0 Å². The largest absolute Gasteiger partial charge is 0.398 e. The molecule has 0 radical (unpaired) electrons. The number of hydrogen-bond acceptors (Lipinski definition) is 4. The molecule has 1 rings (SSSR count). The summed E-state index contributed by atoms with van der Waals surface area (Å²) in [5, 5.41) is 3.36. The summed E-state index contributed by atoms with van der Waals surface area (Å²) in [7, 11) is 1.52. The van der Waals surface area contributed by atoms with Crippen molar-refractivity contribution in [1.82, 2.24) is 0 Å². The van der Waals surface area contributed by atoms with E-state index in [4.69, 9.17) is 14.6 Å². The van der Waals surface area contributed by atoms with Gasteiger partial charge in [-0.3, -0.25) is 0 Å². The maximum Gasteiger partial charge on any atom is 0.334 e. The molecule has 0 aliphatic carbocycles. The van der Waals surface area contributed by atoms with Gasteiger partial charge in [0.15, 0.2) is 0 Å². The van der Waals surface area contributed by atoms with E-state index >= 15 is 0 Å². The molecule has 0 unspecified atom stereocenters. The number of nitrogens with two attached hydrogens (primary N) is 1. The normalized spacial score (nSPS) is 11.6. The molecule has 0 saturated carbocycles. The van der Waals surface area contributed by atoms with Gasteiger partial charge in [-0.25, -0.2) is 0 Å². The summed E-state index contributed by atoms with van der Waals surface area (Å²) in [6.45, 7) is 5.02. The Kier molecular flexibility index (Phi) is 5.65. The fourth-order valence-electron chi connectivity index (χ4n) is 1.74. The first kappa shape index (κ1) is 15.0. The van der Waals surface area contributed by atoms with Crippen LogP contribution < -0.4 is 11.1 Å². The Morgan fingerprint density at radius 2 is 1.94 bits per heavy atom. The van der Waals surface area contributed by atoms with Crippen molar-refractivity contribution < 1.29 is 8.85 Å². The number of nitrogens with one attached hydrogen (secondary N) is 1. The van der Waals surface area contributed by atoms with Crippen molar-refractivity contribution in [3.8, 4) is 0 Å². The first-order valence-electron chi connectivity index (χ1n) is 6.21. The molecule has 0 amide bonds. The van der Waals surface area contributed by atoms with E-state index in [-0.39, 0.29) is 0 Å². The average molecular weight is 268 g/mol. The molecule has 1 aromatic carbocycles. The lowest BCUT2D eigenvalue weighted by Crippen LogP contribution is -2.36. The van der Waals surface area contributed by atoms with Crippen molar-refractivity contribution in [2.45, 2.75) is 25.9 Å². The van der Waals surface area contributed by atoms with Crippen LogP contribution in [0.3, 0.4) is 0 Å². The summed E-state index contributed by atoms with van der Waals surface area (Å²) in [4.78, 5) is 0. The zero-order chi connectivity index (χ0) is 13.6. The molecule has 0 spiro atoms. The topological polar surface area (TPSA) is 56.5 Å². The maximum atomic E-state index is 5.91. The number of hydrogen-bond donors (Lipinski definition) is 2. The van der Waals surface area contributed by atoms with Gasteiger partial charge in [0.05, 0.1) is 11.4 Å². The van der Waals surface area contributed by atoms with Crippen LogP contribution in [-0.2, 0) is 8.85 Å². The molecular formula is C13H24N2O2Si. The van der Waals surface area contributed by atoms with Crippen LogP contribution in [0, 0.1) is 6.92 Å². The molecule has 0 bridgehead atoms. The van der Waals surface area contributed by atoms with Crippen LogP contribution in [0.25, 0.3) is 0 Å². The van der Waals surface area contributed by atoms with Crippen molar-refractivity contribution >= 4 is 19.9 Å². The Labute approximate surface area is 111 Å². The second-order valence-corrected chi connectivity index (χ2v) is 8.25. The lowest BCUT2D eigenvalue weighted by atomic mass is 10.2. The molecule has 0 heterocycles. The van der Waals surface area contributed by atoms with Gasteiger partial charge in [-0.05, 0) is 43.6 Å². The SMILES string of the molecule is CO[Si](C)(CCCNc1cc(C)ccc1N)OC. The van der Waals surface area contributed by atoms with Crippen molar-refractivity contribution in [2.75, 3.05) is 31.8 Å². The summed E-state index contributed by atoms with van der Waals surface area (Å²) in [6, 6.07) is 6.98. The lowest BCUT2D eigenvalue weighted by molar-refractivity contribution is 0.249. The van der Waals surface area contributed by atoms with Crippen molar-refractivity contribution in [2.24, 2.45) is 0 Å². The number of aryl methyl sites for hydroxylation is 1. The predicted octanol–water partition coefficient (Wildman–Crippen LogP) is 2.74. The highest BCUT2D eigenvalue weighted by Gasteiger charge is 2.27. The van der Waals surface area contributed by atoms with Gasteiger partial charge in [-0.15, -0.1) is 0 Å². The first-order chi connectivity index (χ1) is 8.50. The molecule has 18 heavy (non-hydrogen) atoms. The monoisotopic (exact) mass is 268 g/mol. The van der Waals surface area contributed by atoms with Crippen molar-refractivity contribution in [3.63, 3.8) is 0 Å². The summed E-state index contributed by atoms with van der Waals surface area (Å²) in [6.07, 6.45) is 1.01. The van der Waals surface area contributed by atoms with Crippen LogP contribution in [0.5, 0.6) is 0 Å². The number of rotatable bonds is 7. The number of nitrogen functional groups attached to an aromatic ring is 1. The molecular weight excluding hydrogens is 244 g/mol. The smallest absolute Gasteiger partial charge is 0.334 e. The van der Waals surface area contributed by atoms with Crippen LogP contribution in [0.2, 0.25) is 12.6 Å². The summed E-state index contributed by atoms with van der Waals surface area (Å²) in [5.74, 6) is 0. The molecule has 0 fully saturated rings. The van der Waals surface area contributed by atoms with Gasteiger partial charge in [0.25, 0.3) is 0 Å². The van der Waals surface area contributed by atoms with Crippen LogP contribution in [0.15, 0.2) is 18.2 Å². The molecule has 102 valence electrons. The third-order valence-corrected chi connectivity index (χ3v) is 6.18. The van der Waals surface area contributed by atoms with E-state index in [0.29, 0.717) is 0 Å². The second-order valence-electron chi connectivity index (χ2n) is 4.66. The van der Waals surface area contributed by atoms with Crippen LogP contribution >= 0.6 is 0 Å². The van der Waals surface area contributed by atoms with E-state index in [1.165, 1.54) is 5.56 Å². The van der Waals surface area contributed by atoms with Gasteiger partial charge in [0.1, 0.15) is 0 Å².